The van der Waals surface area contributed by atoms with Gasteiger partial charge in [-0.15, -0.1) is 29.8 Å². The van der Waals surface area contributed by atoms with Crippen LogP contribution in [0, 0.1) is 0 Å². The molecule has 0 saturated heterocycles. The minimum absolute atomic E-state index is 0.442. The Bertz CT molecular complexity index is 72.8. The van der Waals surface area contributed by atoms with Crippen LogP contribution in [0.15, 0.2) is 12.7 Å². The molecule has 3 heteroatoms. The molecule has 0 aliphatic heterocycles. The fraction of sp³-hybridized carbons (Fsp3) is 0.600. The van der Waals surface area contributed by atoms with E-state index in [-0.39, 0.29) is 0 Å². The lowest BCUT2D eigenvalue weighted by Gasteiger charge is -2.05. The average molecular weight is 155 g/mol. The van der Waals surface area contributed by atoms with Gasteiger partial charge in [0.05, 0.1) is 6.10 Å². The van der Waals surface area contributed by atoms with Crippen LogP contribution in [0.25, 0.3) is 0 Å². The summed E-state index contributed by atoms with van der Waals surface area (Å²) in [4.78, 5) is -0.701. The lowest BCUT2D eigenvalue weighted by atomic mass is 10.3. The smallest absolute Gasteiger partial charge is 0.133 e. The van der Waals surface area contributed by atoms with Crippen molar-refractivity contribution in [3.63, 3.8) is 0 Å². The van der Waals surface area contributed by atoms with Crippen molar-refractivity contribution < 1.29 is 5.11 Å². The molecule has 0 aliphatic rings. The molecule has 0 saturated carbocycles. The highest BCUT2D eigenvalue weighted by Gasteiger charge is 2.09. The van der Waals surface area contributed by atoms with Crippen molar-refractivity contribution in [1.29, 1.82) is 0 Å². The largest absolute Gasteiger partial charge is 0.390 e. The molecule has 48 valence electrons. The van der Waals surface area contributed by atoms with Gasteiger partial charge in [0.25, 0.3) is 0 Å². The zero-order valence-corrected chi connectivity index (χ0v) is 5.86. The fourth-order valence-corrected chi connectivity index (χ4v) is 0.479. The second kappa shape index (κ2) is 4.19. The third-order valence-electron chi connectivity index (χ3n) is 0.699. The fourth-order valence-electron chi connectivity index (χ4n) is 0.274. The lowest BCUT2D eigenvalue weighted by molar-refractivity contribution is 0.192. The number of alkyl halides is 2. The Morgan fingerprint density at radius 3 is 2.25 bits per heavy atom. The second-order valence-corrected chi connectivity index (χ2v) is 2.59. The molecule has 0 aromatic carbocycles. The van der Waals surface area contributed by atoms with Crippen LogP contribution in [-0.4, -0.2) is 16.0 Å². The lowest BCUT2D eigenvalue weighted by Crippen LogP contribution is -2.13. The molecule has 0 aromatic heterocycles. The summed E-state index contributed by atoms with van der Waals surface area (Å²) in [5.74, 6) is 0. The molecule has 1 nitrogen and oxygen atoms in total. The van der Waals surface area contributed by atoms with Crippen molar-refractivity contribution in [3.05, 3.63) is 12.7 Å². The SMILES string of the molecule is C=CC[C@H](O)C(Cl)Cl. The van der Waals surface area contributed by atoms with Gasteiger partial charge in [-0.05, 0) is 6.42 Å². The summed E-state index contributed by atoms with van der Waals surface area (Å²) < 4.78 is 0. The molecule has 0 spiro atoms. The first-order valence-electron chi connectivity index (χ1n) is 2.25. The van der Waals surface area contributed by atoms with Gasteiger partial charge < -0.3 is 5.11 Å². The third kappa shape index (κ3) is 3.30. The molecule has 0 heterocycles. The van der Waals surface area contributed by atoms with E-state index in [1.165, 1.54) is 0 Å². The maximum absolute atomic E-state index is 8.79. The molecule has 1 N–H and O–H groups in total. The Morgan fingerprint density at radius 2 is 2.12 bits per heavy atom. The normalized spacial score (nSPS) is 14.0. The highest BCUT2D eigenvalue weighted by atomic mass is 35.5. The first kappa shape index (κ1) is 8.28. The van der Waals surface area contributed by atoms with Gasteiger partial charge in [0, 0.05) is 0 Å². The Kier molecular flexibility index (Phi) is 4.33. The van der Waals surface area contributed by atoms with Crippen molar-refractivity contribution >= 4 is 23.2 Å². The highest BCUT2D eigenvalue weighted by Crippen LogP contribution is 2.10. The highest BCUT2D eigenvalue weighted by molar-refractivity contribution is 6.44. The summed E-state index contributed by atoms with van der Waals surface area (Å²) in [7, 11) is 0. The maximum atomic E-state index is 8.79. The molecule has 0 rings (SSSR count). The van der Waals surface area contributed by atoms with Crippen LogP contribution in [0.1, 0.15) is 6.42 Å². The van der Waals surface area contributed by atoms with Gasteiger partial charge in [-0.1, -0.05) is 6.08 Å². The molecular weight excluding hydrogens is 147 g/mol. The van der Waals surface area contributed by atoms with Crippen molar-refractivity contribution in [2.45, 2.75) is 17.4 Å². The predicted molar refractivity (Wildman–Crippen MR) is 36.3 cm³/mol. The summed E-state index contributed by atoms with van der Waals surface area (Å²) in [6, 6.07) is 0. The standard InChI is InChI=1S/C5H8Cl2O/c1-2-3-4(8)5(6)7/h2,4-5,8H,1,3H2/t4-/m0/s1. The van der Waals surface area contributed by atoms with E-state index in [1.807, 2.05) is 0 Å². The van der Waals surface area contributed by atoms with E-state index in [1.54, 1.807) is 6.08 Å². The molecular formula is C5H8Cl2O. The summed E-state index contributed by atoms with van der Waals surface area (Å²) >= 11 is 10.5. The Morgan fingerprint density at radius 1 is 1.62 bits per heavy atom. The van der Waals surface area contributed by atoms with E-state index in [0.717, 1.165) is 0 Å². The Labute approximate surface area is 58.9 Å². The molecule has 0 aliphatic carbocycles. The van der Waals surface area contributed by atoms with Crippen LogP contribution in [0.4, 0.5) is 0 Å². The van der Waals surface area contributed by atoms with Crippen LogP contribution in [0.3, 0.4) is 0 Å². The summed E-state index contributed by atoms with van der Waals surface area (Å²) in [5.41, 5.74) is 0. The molecule has 0 amide bonds. The third-order valence-corrected chi connectivity index (χ3v) is 1.28. The topological polar surface area (TPSA) is 20.2 Å². The van der Waals surface area contributed by atoms with E-state index in [0.29, 0.717) is 6.42 Å². The van der Waals surface area contributed by atoms with Gasteiger partial charge in [-0.3, -0.25) is 0 Å². The molecule has 0 radical (unpaired) electrons. The van der Waals surface area contributed by atoms with Crippen LogP contribution < -0.4 is 0 Å². The number of halogens is 2. The number of aliphatic hydroxyl groups excluding tert-OH is 1. The maximum Gasteiger partial charge on any atom is 0.133 e. The molecule has 0 aromatic rings. The molecule has 0 bridgehead atoms. The average Bonchev–Trinajstić information content (AvgIpc) is 1.67. The quantitative estimate of drug-likeness (QED) is 0.486. The van der Waals surface area contributed by atoms with Crippen molar-refractivity contribution in [2.75, 3.05) is 0 Å². The zero-order chi connectivity index (χ0) is 6.57. The van der Waals surface area contributed by atoms with E-state index in [4.69, 9.17) is 28.3 Å². The summed E-state index contributed by atoms with van der Waals surface area (Å²) in [6.45, 7) is 3.41. The number of hydrogen-bond acceptors (Lipinski definition) is 1. The van der Waals surface area contributed by atoms with E-state index >= 15 is 0 Å². The Hall–Kier alpha value is 0.280. The van der Waals surface area contributed by atoms with Crippen LogP contribution in [-0.2, 0) is 0 Å². The van der Waals surface area contributed by atoms with Crippen molar-refractivity contribution in [3.8, 4) is 0 Å². The summed E-state index contributed by atoms with van der Waals surface area (Å²) in [6.07, 6.45) is 1.34. The number of aliphatic hydroxyl groups is 1. The van der Waals surface area contributed by atoms with Crippen LogP contribution in [0.5, 0.6) is 0 Å². The molecule has 8 heavy (non-hydrogen) atoms. The van der Waals surface area contributed by atoms with Crippen molar-refractivity contribution in [1.82, 2.24) is 0 Å². The van der Waals surface area contributed by atoms with Crippen molar-refractivity contribution in [2.24, 2.45) is 0 Å². The first-order chi connectivity index (χ1) is 3.68. The van der Waals surface area contributed by atoms with E-state index < -0.39 is 10.9 Å². The van der Waals surface area contributed by atoms with Gasteiger partial charge in [-0.2, -0.15) is 0 Å². The summed E-state index contributed by atoms with van der Waals surface area (Å²) in [5, 5.41) is 8.79. The number of rotatable bonds is 3. The zero-order valence-electron chi connectivity index (χ0n) is 4.35. The van der Waals surface area contributed by atoms with Crippen LogP contribution >= 0.6 is 23.2 Å². The van der Waals surface area contributed by atoms with E-state index in [2.05, 4.69) is 6.58 Å². The van der Waals surface area contributed by atoms with Gasteiger partial charge in [0.1, 0.15) is 4.84 Å². The van der Waals surface area contributed by atoms with Crippen LogP contribution in [0.2, 0.25) is 0 Å². The second-order valence-electron chi connectivity index (χ2n) is 1.43. The molecule has 0 unspecified atom stereocenters. The van der Waals surface area contributed by atoms with Gasteiger partial charge in [0.2, 0.25) is 0 Å². The van der Waals surface area contributed by atoms with E-state index in [9.17, 15) is 0 Å². The molecule has 0 fully saturated rings. The number of hydrogen-bond donors (Lipinski definition) is 1. The van der Waals surface area contributed by atoms with Gasteiger partial charge in [-0.25, -0.2) is 0 Å². The minimum Gasteiger partial charge on any atom is -0.390 e. The predicted octanol–water partition coefficient (Wildman–Crippen LogP) is 1.73. The Balaban J connectivity index is 3.30. The van der Waals surface area contributed by atoms with Gasteiger partial charge >= 0.3 is 0 Å². The minimum atomic E-state index is -0.701. The van der Waals surface area contributed by atoms with Gasteiger partial charge in [0.15, 0.2) is 0 Å². The first-order valence-corrected chi connectivity index (χ1v) is 3.13. The monoisotopic (exact) mass is 154 g/mol. The molecule has 1 atom stereocenters.